The van der Waals surface area contributed by atoms with E-state index in [4.69, 9.17) is 4.74 Å². The first-order valence-corrected chi connectivity index (χ1v) is 7.29. The molecule has 1 fully saturated rings. The second-order valence-electron chi connectivity index (χ2n) is 7.04. The first kappa shape index (κ1) is 16.8. The molecule has 1 rings (SSSR count). The molecule has 20 heavy (non-hydrogen) atoms. The number of piperidine rings is 1. The summed E-state index contributed by atoms with van der Waals surface area (Å²) in [5.41, 5.74) is -0.416. The van der Waals surface area contributed by atoms with E-state index in [1.165, 1.54) is 7.11 Å². The number of hydrogen-bond acceptors (Lipinski definition) is 3. The number of nitrogens with zero attached hydrogens (tertiary/aromatic N) is 1. The Hall–Kier alpha value is -1.26. The first-order valence-electron chi connectivity index (χ1n) is 7.29. The van der Waals surface area contributed by atoms with Crippen LogP contribution in [0, 0.1) is 17.3 Å². The number of hydrogen-bond donors (Lipinski definition) is 1. The summed E-state index contributed by atoms with van der Waals surface area (Å²) in [5.74, 6) is 0.876. The van der Waals surface area contributed by atoms with E-state index in [-0.39, 0.29) is 18.0 Å². The van der Waals surface area contributed by atoms with Crippen LogP contribution in [0.4, 0.5) is 4.79 Å². The van der Waals surface area contributed by atoms with Crippen LogP contribution in [0.1, 0.15) is 41.0 Å². The topological polar surface area (TPSA) is 58.6 Å². The molecule has 5 nitrogen and oxygen atoms in total. The molecule has 0 radical (unpaired) electrons. The van der Waals surface area contributed by atoms with Crippen molar-refractivity contribution >= 4 is 12.0 Å². The fourth-order valence-corrected chi connectivity index (χ4v) is 2.41. The van der Waals surface area contributed by atoms with E-state index < -0.39 is 5.41 Å². The summed E-state index contributed by atoms with van der Waals surface area (Å²) >= 11 is 0. The maximum absolute atomic E-state index is 12.1. The number of carbonyl (C=O) groups is 2. The monoisotopic (exact) mass is 284 g/mol. The highest BCUT2D eigenvalue weighted by molar-refractivity contribution is 5.81. The Morgan fingerprint density at radius 1 is 1.25 bits per heavy atom. The highest BCUT2D eigenvalue weighted by Gasteiger charge is 2.34. The van der Waals surface area contributed by atoms with Gasteiger partial charge < -0.3 is 15.0 Å². The van der Waals surface area contributed by atoms with Crippen LogP contribution in [0.5, 0.6) is 0 Å². The van der Waals surface area contributed by atoms with E-state index in [0.29, 0.717) is 24.9 Å². The predicted molar refractivity (Wildman–Crippen MR) is 78.3 cm³/mol. The van der Waals surface area contributed by atoms with Crippen LogP contribution in [-0.4, -0.2) is 43.1 Å². The van der Waals surface area contributed by atoms with Crippen LogP contribution in [0.3, 0.4) is 0 Å². The van der Waals surface area contributed by atoms with Gasteiger partial charge in [0, 0.05) is 24.5 Å². The minimum atomic E-state index is -0.416. The highest BCUT2D eigenvalue weighted by Crippen LogP contribution is 2.25. The SMILES string of the molecule is COC(=O)N1CC(NC(=O)C(C)(C)C)CC(C(C)C)C1. The molecule has 0 aromatic carbocycles. The smallest absolute Gasteiger partial charge is 0.409 e. The van der Waals surface area contributed by atoms with Crippen LogP contribution in [0.25, 0.3) is 0 Å². The van der Waals surface area contributed by atoms with Gasteiger partial charge in [0.05, 0.1) is 7.11 Å². The summed E-state index contributed by atoms with van der Waals surface area (Å²) in [5, 5.41) is 3.06. The molecule has 1 heterocycles. The third kappa shape index (κ3) is 4.39. The van der Waals surface area contributed by atoms with E-state index >= 15 is 0 Å². The maximum Gasteiger partial charge on any atom is 0.409 e. The molecular formula is C15H28N2O3. The van der Waals surface area contributed by atoms with Gasteiger partial charge in [0.15, 0.2) is 0 Å². The summed E-state index contributed by atoms with van der Waals surface area (Å²) in [4.78, 5) is 25.6. The molecule has 116 valence electrons. The number of ether oxygens (including phenoxy) is 1. The zero-order valence-electron chi connectivity index (χ0n) is 13.5. The van der Waals surface area contributed by atoms with Crippen molar-refractivity contribution in [3.63, 3.8) is 0 Å². The van der Waals surface area contributed by atoms with Gasteiger partial charge in [0.25, 0.3) is 0 Å². The van der Waals surface area contributed by atoms with E-state index in [0.717, 1.165) is 6.42 Å². The van der Waals surface area contributed by atoms with Crippen molar-refractivity contribution in [2.24, 2.45) is 17.3 Å². The second kappa shape index (κ2) is 6.46. The van der Waals surface area contributed by atoms with E-state index in [9.17, 15) is 9.59 Å². The molecule has 1 N–H and O–H groups in total. The van der Waals surface area contributed by atoms with Crippen molar-refractivity contribution in [2.45, 2.75) is 47.1 Å². The quantitative estimate of drug-likeness (QED) is 0.846. The van der Waals surface area contributed by atoms with Gasteiger partial charge in [-0.2, -0.15) is 0 Å². The Morgan fingerprint density at radius 2 is 1.85 bits per heavy atom. The average molecular weight is 284 g/mol. The molecular weight excluding hydrogens is 256 g/mol. The van der Waals surface area contributed by atoms with Crippen molar-refractivity contribution in [1.29, 1.82) is 0 Å². The second-order valence-corrected chi connectivity index (χ2v) is 7.04. The first-order chi connectivity index (χ1) is 9.15. The minimum absolute atomic E-state index is 0.00183. The van der Waals surface area contributed by atoms with Crippen LogP contribution in [0.15, 0.2) is 0 Å². The summed E-state index contributed by atoms with van der Waals surface area (Å²) in [6.07, 6.45) is 0.595. The number of rotatable bonds is 2. The van der Waals surface area contributed by atoms with Crippen molar-refractivity contribution in [3.05, 3.63) is 0 Å². The fraction of sp³-hybridized carbons (Fsp3) is 0.867. The minimum Gasteiger partial charge on any atom is -0.453 e. The van der Waals surface area contributed by atoms with Gasteiger partial charge in [-0.15, -0.1) is 0 Å². The lowest BCUT2D eigenvalue weighted by Gasteiger charge is -2.39. The fourth-order valence-electron chi connectivity index (χ4n) is 2.41. The summed E-state index contributed by atoms with van der Waals surface area (Å²) in [6, 6.07) is 0.00183. The van der Waals surface area contributed by atoms with E-state index in [1.807, 2.05) is 20.8 Å². The highest BCUT2D eigenvalue weighted by atomic mass is 16.5. The van der Waals surface area contributed by atoms with Crippen molar-refractivity contribution in [2.75, 3.05) is 20.2 Å². The summed E-state index contributed by atoms with van der Waals surface area (Å²) < 4.78 is 4.81. The zero-order chi connectivity index (χ0) is 15.5. The van der Waals surface area contributed by atoms with Gasteiger partial charge in [-0.05, 0) is 18.3 Å². The lowest BCUT2D eigenvalue weighted by Crippen LogP contribution is -2.55. The molecule has 5 heteroatoms. The lowest BCUT2D eigenvalue weighted by molar-refractivity contribution is -0.129. The van der Waals surface area contributed by atoms with Gasteiger partial charge >= 0.3 is 6.09 Å². The molecule has 2 unspecified atom stereocenters. The Morgan fingerprint density at radius 3 is 2.30 bits per heavy atom. The van der Waals surface area contributed by atoms with Crippen LogP contribution in [0.2, 0.25) is 0 Å². The zero-order valence-corrected chi connectivity index (χ0v) is 13.5. The molecule has 0 aromatic heterocycles. The van der Waals surface area contributed by atoms with Crippen LogP contribution >= 0.6 is 0 Å². The molecule has 2 amide bonds. The third-order valence-electron chi connectivity index (χ3n) is 3.87. The van der Waals surface area contributed by atoms with Gasteiger partial charge in [-0.3, -0.25) is 4.79 Å². The Balaban J connectivity index is 2.75. The van der Waals surface area contributed by atoms with E-state index in [1.54, 1.807) is 4.90 Å². The summed E-state index contributed by atoms with van der Waals surface area (Å²) in [7, 11) is 1.39. The standard InChI is InChI=1S/C15H28N2O3/c1-10(2)11-7-12(16-13(18)15(3,4)5)9-17(8-11)14(19)20-6/h10-12H,7-9H2,1-6H3,(H,16,18). The average Bonchev–Trinajstić information content (AvgIpc) is 2.36. The van der Waals surface area contributed by atoms with Gasteiger partial charge in [-0.25, -0.2) is 4.79 Å². The van der Waals surface area contributed by atoms with Gasteiger partial charge in [-0.1, -0.05) is 34.6 Å². The molecule has 0 saturated carbocycles. The van der Waals surface area contributed by atoms with Crippen LogP contribution < -0.4 is 5.32 Å². The number of methoxy groups -OCH3 is 1. The normalized spacial score (nSPS) is 23.6. The Labute approximate surface area is 122 Å². The van der Waals surface area contributed by atoms with Gasteiger partial charge in [0.2, 0.25) is 5.91 Å². The molecule has 0 bridgehead atoms. The Bertz CT molecular complexity index is 361. The number of nitrogens with one attached hydrogen (secondary N) is 1. The lowest BCUT2D eigenvalue weighted by atomic mass is 9.85. The maximum atomic E-state index is 12.1. The van der Waals surface area contributed by atoms with Gasteiger partial charge in [0.1, 0.15) is 0 Å². The number of amides is 2. The third-order valence-corrected chi connectivity index (χ3v) is 3.87. The molecule has 1 saturated heterocycles. The largest absolute Gasteiger partial charge is 0.453 e. The molecule has 1 aliphatic rings. The molecule has 0 aromatic rings. The van der Waals surface area contributed by atoms with Crippen molar-refractivity contribution in [1.82, 2.24) is 10.2 Å². The molecule has 2 atom stereocenters. The summed E-state index contributed by atoms with van der Waals surface area (Å²) in [6.45, 7) is 11.2. The predicted octanol–water partition coefficient (Wildman–Crippen LogP) is 2.26. The molecule has 0 spiro atoms. The van der Waals surface area contributed by atoms with Crippen molar-refractivity contribution in [3.8, 4) is 0 Å². The molecule has 1 aliphatic heterocycles. The van der Waals surface area contributed by atoms with Crippen molar-refractivity contribution < 1.29 is 14.3 Å². The molecule has 0 aliphatic carbocycles. The Kier molecular flexibility index (Phi) is 5.42. The number of likely N-dealkylation sites (tertiary alicyclic amines) is 1. The van der Waals surface area contributed by atoms with E-state index in [2.05, 4.69) is 19.2 Å². The van der Waals surface area contributed by atoms with Crippen LogP contribution in [-0.2, 0) is 9.53 Å². The number of carbonyl (C=O) groups excluding carboxylic acids is 2.